The van der Waals surface area contributed by atoms with Gasteiger partial charge in [0.1, 0.15) is 6.61 Å². The van der Waals surface area contributed by atoms with Crippen molar-refractivity contribution in [2.24, 2.45) is 0 Å². The summed E-state index contributed by atoms with van der Waals surface area (Å²) in [6.45, 7) is 4.07. The summed E-state index contributed by atoms with van der Waals surface area (Å²) in [5.41, 5.74) is 0. The van der Waals surface area contributed by atoms with Crippen molar-refractivity contribution in [3.8, 4) is 0 Å². The Labute approximate surface area is 386 Å². The van der Waals surface area contributed by atoms with Crippen LogP contribution in [-0.2, 0) is 19.1 Å². The van der Waals surface area contributed by atoms with Crippen LogP contribution in [0.25, 0.3) is 0 Å². The van der Waals surface area contributed by atoms with Crippen molar-refractivity contribution in [1.29, 1.82) is 0 Å². The quantitative estimate of drug-likeness (QED) is 0.0375. The first-order valence-corrected chi connectivity index (χ1v) is 27.2. The molecule has 0 radical (unpaired) electrons. The Hall–Kier alpha value is -2.14. The van der Waals surface area contributed by atoms with Gasteiger partial charge in [-0.25, -0.2) is 0 Å². The maximum absolute atomic E-state index is 12.3. The zero-order chi connectivity index (χ0) is 44.9. The monoisotopic (exact) mass is 869 g/mol. The number of carbonyl (C=O) groups is 2. The van der Waals surface area contributed by atoms with Crippen LogP contribution in [0.1, 0.15) is 284 Å². The van der Waals surface area contributed by atoms with Gasteiger partial charge in [-0.2, -0.15) is 0 Å². The third-order valence-electron chi connectivity index (χ3n) is 12.1. The molecule has 0 bridgehead atoms. The molecule has 362 valence electrons. The standard InChI is InChI=1S/C57H104O5/c1-3-5-7-9-11-13-15-17-19-21-23-25-26-27-28-29-30-32-34-36-38-40-42-44-46-48-50-52-57(60)62-55(53-58)54-61-56(59)51-49-47-45-43-41-39-37-35-33-31-24-22-20-18-16-14-12-10-8-6-4-2/h5,7,11,13,17,19,23,25,55,58H,3-4,6,8-10,12,14-16,18,20-22,24,26-54H2,1-2H3/b7-5-,13-11-,19-17-,25-23-. The van der Waals surface area contributed by atoms with Crippen molar-refractivity contribution in [2.45, 2.75) is 290 Å². The summed E-state index contributed by atoms with van der Waals surface area (Å²) in [5.74, 6) is -0.576. The Bertz CT molecular complexity index is 1030. The smallest absolute Gasteiger partial charge is 0.306 e. The zero-order valence-electron chi connectivity index (χ0n) is 41.4. The zero-order valence-corrected chi connectivity index (χ0v) is 41.4. The van der Waals surface area contributed by atoms with Gasteiger partial charge in [0.2, 0.25) is 0 Å². The molecule has 1 N–H and O–H groups in total. The summed E-state index contributed by atoms with van der Waals surface area (Å²) in [4.78, 5) is 24.5. The van der Waals surface area contributed by atoms with Crippen molar-refractivity contribution in [3.63, 3.8) is 0 Å². The minimum absolute atomic E-state index is 0.0619. The van der Waals surface area contributed by atoms with Gasteiger partial charge in [0, 0.05) is 12.8 Å². The van der Waals surface area contributed by atoms with E-state index in [-0.39, 0.29) is 25.2 Å². The number of hydrogen-bond donors (Lipinski definition) is 1. The Morgan fingerprint density at radius 1 is 0.387 bits per heavy atom. The minimum atomic E-state index is -0.771. The lowest BCUT2D eigenvalue weighted by atomic mass is 10.0. The first-order chi connectivity index (χ1) is 30.6. The molecule has 0 saturated carbocycles. The highest BCUT2D eigenvalue weighted by molar-refractivity contribution is 5.70. The maximum Gasteiger partial charge on any atom is 0.306 e. The van der Waals surface area contributed by atoms with Crippen molar-refractivity contribution in [2.75, 3.05) is 13.2 Å². The molecule has 0 spiro atoms. The Balaban J connectivity index is 3.46. The van der Waals surface area contributed by atoms with Gasteiger partial charge in [0.25, 0.3) is 0 Å². The van der Waals surface area contributed by atoms with E-state index in [4.69, 9.17) is 9.47 Å². The molecule has 0 heterocycles. The third kappa shape index (κ3) is 50.5. The number of carbonyl (C=O) groups excluding carboxylic acids is 2. The van der Waals surface area contributed by atoms with Crippen LogP contribution in [0, 0.1) is 0 Å². The normalized spacial score (nSPS) is 12.5. The average molecular weight is 869 g/mol. The summed E-state index contributed by atoms with van der Waals surface area (Å²) in [5, 5.41) is 9.64. The van der Waals surface area contributed by atoms with E-state index in [0.29, 0.717) is 12.8 Å². The van der Waals surface area contributed by atoms with Gasteiger partial charge in [-0.1, -0.05) is 268 Å². The molecule has 0 aromatic heterocycles. The molecule has 5 nitrogen and oxygen atoms in total. The highest BCUT2D eigenvalue weighted by Gasteiger charge is 2.16. The molecule has 5 heteroatoms. The van der Waals surface area contributed by atoms with Crippen LogP contribution >= 0.6 is 0 Å². The molecule has 0 aromatic carbocycles. The summed E-state index contributed by atoms with van der Waals surface area (Å²) in [7, 11) is 0. The van der Waals surface area contributed by atoms with Crippen LogP contribution in [0.3, 0.4) is 0 Å². The SMILES string of the molecule is CC/C=C\C/C=C\C/C=C\C/C=C\CCCCCCCCCCCCCCCCC(=O)OC(CO)COC(=O)CCCCCCCCCCCCCCCCCCCCCCC. The molecule has 0 rings (SSSR count). The van der Waals surface area contributed by atoms with E-state index in [1.54, 1.807) is 0 Å². The first kappa shape index (κ1) is 59.9. The molecule has 0 aromatic rings. The number of aliphatic hydroxyl groups is 1. The second-order valence-corrected chi connectivity index (χ2v) is 18.3. The van der Waals surface area contributed by atoms with Gasteiger partial charge < -0.3 is 14.6 Å². The van der Waals surface area contributed by atoms with Gasteiger partial charge in [-0.15, -0.1) is 0 Å². The number of aliphatic hydroxyl groups excluding tert-OH is 1. The number of esters is 2. The summed E-state index contributed by atoms with van der Waals surface area (Å²) >= 11 is 0. The van der Waals surface area contributed by atoms with Crippen LogP contribution in [0.5, 0.6) is 0 Å². The molecule has 0 aliphatic heterocycles. The molecule has 0 amide bonds. The van der Waals surface area contributed by atoms with Gasteiger partial charge in [0.15, 0.2) is 6.10 Å². The predicted octanol–water partition coefficient (Wildman–Crippen LogP) is 18.1. The molecular weight excluding hydrogens is 765 g/mol. The number of rotatable bonds is 50. The minimum Gasteiger partial charge on any atom is -0.462 e. The molecule has 1 atom stereocenters. The van der Waals surface area contributed by atoms with Gasteiger partial charge in [-0.05, 0) is 51.4 Å². The first-order valence-electron chi connectivity index (χ1n) is 27.2. The van der Waals surface area contributed by atoms with Gasteiger partial charge in [-0.3, -0.25) is 9.59 Å². The molecule has 0 fully saturated rings. The molecular formula is C57H104O5. The van der Waals surface area contributed by atoms with Crippen molar-refractivity contribution < 1.29 is 24.2 Å². The highest BCUT2D eigenvalue weighted by Crippen LogP contribution is 2.17. The lowest BCUT2D eigenvalue weighted by molar-refractivity contribution is -0.161. The lowest BCUT2D eigenvalue weighted by Gasteiger charge is -2.15. The summed E-state index contributed by atoms with van der Waals surface area (Å²) in [6.07, 6.45) is 69.3. The van der Waals surface area contributed by atoms with E-state index in [9.17, 15) is 14.7 Å². The molecule has 0 aliphatic rings. The topological polar surface area (TPSA) is 72.8 Å². The molecule has 1 unspecified atom stereocenters. The fourth-order valence-electron chi connectivity index (χ4n) is 8.08. The van der Waals surface area contributed by atoms with Gasteiger partial charge >= 0.3 is 11.9 Å². The van der Waals surface area contributed by atoms with Crippen molar-refractivity contribution >= 4 is 11.9 Å². The number of unbranched alkanes of at least 4 members (excludes halogenated alkanes) is 34. The van der Waals surface area contributed by atoms with Crippen molar-refractivity contribution in [1.82, 2.24) is 0 Å². The van der Waals surface area contributed by atoms with Crippen LogP contribution in [0.15, 0.2) is 48.6 Å². The van der Waals surface area contributed by atoms with E-state index in [1.807, 2.05) is 0 Å². The second kappa shape index (κ2) is 53.2. The molecule has 0 saturated heterocycles. The Morgan fingerprint density at radius 3 is 1.05 bits per heavy atom. The average Bonchev–Trinajstić information content (AvgIpc) is 3.28. The second-order valence-electron chi connectivity index (χ2n) is 18.3. The highest BCUT2D eigenvalue weighted by atomic mass is 16.6. The Kier molecular flexibility index (Phi) is 51.4. The van der Waals surface area contributed by atoms with Gasteiger partial charge in [0.05, 0.1) is 6.61 Å². The van der Waals surface area contributed by atoms with E-state index in [0.717, 1.165) is 57.8 Å². The third-order valence-corrected chi connectivity index (χ3v) is 12.1. The molecule has 0 aliphatic carbocycles. The number of hydrogen-bond acceptors (Lipinski definition) is 5. The molecule has 62 heavy (non-hydrogen) atoms. The Morgan fingerprint density at radius 2 is 0.694 bits per heavy atom. The van der Waals surface area contributed by atoms with Crippen LogP contribution < -0.4 is 0 Å². The van der Waals surface area contributed by atoms with Crippen LogP contribution in [-0.4, -0.2) is 36.4 Å². The fraction of sp³-hybridized carbons (Fsp3) is 0.825. The predicted molar refractivity (Wildman–Crippen MR) is 270 cm³/mol. The van der Waals surface area contributed by atoms with Crippen LogP contribution in [0.4, 0.5) is 0 Å². The summed E-state index contributed by atoms with van der Waals surface area (Å²) < 4.78 is 10.7. The largest absolute Gasteiger partial charge is 0.462 e. The van der Waals surface area contributed by atoms with E-state index >= 15 is 0 Å². The van der Waals surface area contributed by atoms with E-state index in [2.05, 4.69) is 62.5 Å². The number of allylic oxidation sites excluding steroid dienone is 8. The van der Waals surface area contributed by atoms with Crippen LogP contribution in [0.2, 0.25) is 0 Å². The van der Waals surface area contributed by atoms with Crippen molar-refractivity contribution in [3.05, 3.63) is 48.6 Å². The number of ether oxygens (including phenoxy) is 2. The maximum atomic E-state index is 12.3. The van der Waals surface area contributed by atoms with E-state index in [1.165, 1.54) is 199 Å². The fourth-order valence-corrected chi connectivity index (χ4v) is 8.08. The lowest BCUT2D eigenvalue weighted by Crippen LogP contribution is -2.28. The summed E-state index contributed by atoms with van der Waals surface area (Å²) in [6, 6.07) is 0. The van der Waals surface area contributed by atoms with E-state index < -0.39 is 6.10 Å².